The highest BCUT2D eigenvalue weighted by molar-refractivity contribution is 7.09. The van der Waals surface area contributed by atoms with Crippen LogP contribution in [0.3, 0.4) is 0 Å². The summed E-state index contributed by atoms with van der Waals surface area (Å²) < 4.78 is 5.21. The van der Waals surface area contributed by atoms with Crippen molar-refractivity contribution in [3.8, 4) is 5.75 Å². The van der Waals surface area contributed by atoms with Gasteiger partial charge in [-0.05, 0) is 19.1 Å². The van der Waals surface area contributed by atoms with Crippen molar-refractivity contribution in [2.75, 3.05) is 19.9 Å². The van der Waals surface area contributed by atoms with Gasteiger partial charge in [-0.2, -0.15) is 0 Å². The van der Waals surface area contributed by atoms with Crippen molar-refractivity contribution in [3.63, 3.8) is 0 Å². The molecule has 0 radical (unpaired) electrons. The molecule has 2 aromatic rings. The number of benzene rings is 1. The third kappa shape index (κ3) is 3.08. The van der Waals surface area contributed by atoms with Gasteiger partial charge in [-0.15, -0.1) is 11.3 Å². The van der Waals surface area contributed by atoms with Crippen LogP contribution < -0.4 is 10.5 Å². The smallest absolute Gasteiger partial charge is 0.257 e. The standard InChI is InChI=1S/C14H17N3O2S/c1-9-16-11(8-20-9)7-17(2)14(18)12-5-4-10(15)6-13(12)19-3/h4-6,8H,7,15H2,1-3H3. The van der Waals surface area contributed by atoms with Gasteiger partial charge in [0.05, 0.1) is 29.9 Å². The third-order valence-corrected chi connectivity index (χ3v) is 3.69. The SMILES string of the molecule is COc1cc(N)ccc1C(=O)N(C)Cc1csc(C)n1. The molecule has 0 unspecified atom stereocenters. The fourth-order valence-corrected chi connectivity index (χ4v) is 2.49. The van der Waals surface area contributed by atoms with Crippen LogP contribution in [0.25, 0.3) is 0 Å². The quantitative estimate of drug-likeness (QED) is 0.878. The van der Waals surface area contributed by atoms with Crippen LogP contribution in [0.1, 0.15) is 21.1 Å². The van der Waals surface area contributed by atoms with Gasteiger partial charge in [-0.3, -0.25) is 4.79 Å². The maximum Gasteiger partial charge on any atom is 0.257 e. The fourth-order valence-electron chi connectivity index (χ4n) is 1.89. The topological polar surface area (TPSA) is 68.5 Å². The zero-order valence-electron chi connectivity index (χ0n) is 11.7. The molecule has 106 valence electrons. The van der Waals surface area contributed by atoms with Crippen LogP contribution in [0, 0.1) is 6.92 Å². The van der Waals surface area contributed by atoms with Crippen LogP contribution in [0.4, 0.5) is 5.69 Å². The van der Waals surface area contributed by atoms with Crippen LogP contribution in [-0.4, -0.2) is 29.9 Å². The molecule has 0 saturated heterocycles. The normalized spacial score (nSPS) is 10.3. The molecule has 5 nitrogen and oxygen atoms in total. The molecule has 0 aliphatic rings. The van der Waals surface area contributed by atoms with Crippen molar-refractivity contribution in [1.82, 2.24) is 9.88 Å². The molecule has 1 heterocycles. The zero-order valence-corrected chi connectivity index (χ0v) is 12.5. The van der Waals surface area contributed by atoms with Crippen molar-refractivity contribution < 1.29 is 9.53 Å². The molecular formula is C14H17N3O2S. The van der Waals surface area contributed by atoms with Gasteiger partial charge in [0, 0.05) is 24.2 Å². The largest absolute Gasteiger partial charge is 0.496 e. The van der Waals surface area contributed by atoms with Gasteiger partial charge >= 0.3 is 0 Å². The molecule has 0 bridgehead atoms. The molecule has 1 aromatic carbocycles. The molecule has 2 rings (SSSR count). The fraction of sp³-hybridized carbons (Fsp3) is 0.286. The summed E-state index contributed by atoms with van der Waals surface area (Å²) in [6.45, 7) is 2.41. The summed E-state index contributed by atoms with van der Waals surface area (Å²) in [5.74, 6) is 0.365. The summed E-state index contributed by atoms with van der Waals surface area (Å²) in [6, 6.07) is 5.02. The summed E-state index contributed by atoms with van der Waals surface area (Å²) in [7, 11) is 3.27. The lowest BCUT2D eigenvalue weighted by Gasteiger charge is -2.17. The number of aryl methyl sites for hydroxylation is 1. The highest BCUT2D eigenvalue weighted by Crippen LogP contribution is 2.23. The lowest BCUT2D eigenvalue weighted by atomic mass is 10.1. The monoisotopic (exact) mass is 291 g/mol. The van der Waals surface area contributed by atoms with Crippen LogP contribution in [0.15, 0.2) is 23.6 Å². The minimum atomic E-state index is -0.118. The summed E-state index contributed by atoms with van der Waals surface area (Å²) in [5, 5.41) is 2.95. The zero-order chi connectivity index (χ0) is 14.7. The van der Waals surface area contributed by atoms with Gasteiger partial charge in [0.1, 0.15) is 5.75 Å². The van der Waals surface area contributed by atoms with Crippen LogP contribution in [0.2, 0.25) is 0 Å². The van der Waals surface area contributed by atoms with E-state index in [1.54, 1.807) is 41.5 Å². The summed E-state index contributed by atoms with van der Waals surface area (Å²) in [5.41, 5.74) is 7.64. The van der Waals surface area contributed by atoms with Crippen molar-refractivity contribution in [3.05, 3.63) is 39.8 Å². The Labute approximate surface area is 122 Å². The number of rotatable bonds is 4. The maximum atomic E-state index is 12.4. The second-order valence-corrected chi connectivity index (χ2v) is 5.54. The molecular weight excluding hydrogens is 274 g/mol. The van der Waals surface area contributed by atoms with Gasteiger partial charge < -0.3 is 15.4 Å². The van der Waals surface area contributed by atoms with E-state index in [4.69, 9.17) is 10.5 Å². The van der Waals surface area contributed by atoms with E-state index in [9.17, 15) is 4.79 Å². The Morgan fingerprint density at radius 1 is 1.50 bits per heavy atom. The maximum absolute atomic E-state index is 12.4. The molecule has 6 heteroatoms. The highest BCUT2D eigenvalue weighted by Gasteiger charge is 2.17. The van der Waals surface area contributed by atoms with E-state index < -0.39 is 0 Å². The number of carbonyl (C=O) groups is 1. The molecule has 0 fully saturated rings. The van der Waals surface area contributed by atoms with E-state index in [0.717, 1.165) is 10.7 Å². The number of amides is 1. The molecule has 20 heavy (non-hydrogen) atoms. The van der Waals surface area contributed by atoms with Gasteiger partial charge in [-0.1, -0.05) is 0 Å². The first-order valence-corrected chi connectivity index (χ1v) is 6.99. The van der Waals surface area contributed by atoms with E-state index in [1.165, 1.54) is 7.11 Å². The molecule has 1 amide bonds. The van der Waals surface area contributed by atoms with Gasteiger partial charge in [0.15, 0.2) is 0 Å². The number of aromatic nitrogens is 1. The molecule has 0 aliphatic carbocycles. The number of methoxy groups -OCH3 is 1. The van der Waals surface area contributed by atoms with Gasteiger partial charge in [0.2, 0.25) is 0 Å². The first-order chi connectivity index (χ1) is 9.51. The minimum absolute atomic E-state index is 0.118. The van der Waals surface area contributed by atoms with E-state index >= 15 is 0 Å². The Hall–Kier alpha value is -2.08. The van der Waals surface area contributed by atoms with E-state index in [-0.39, 0.29) is 5.91 Å². The average Bonchev–Trinajstić information content (AvgIpc) is 2.83. The summed E-state index contributed by atoms with van der Waals surface area (Å²) in [4.78, 5) is 18.4. The second-order valence-electron chi connectivity index (χ2n) is 4.48. The van der Waals surface area contributed by atoms with Crippen molar-refractivity contribution in [2.24, 2.45) is 0 Å². The first kappa shape index (κ1) is 14.3. The number of nitrogens with zero attached hydrogens (tertiary/aromatic N) is 2. The lowest BCUT2D eigenvalue weighted by Crippen LogP contribution is -2.26. The number of thiazole rings is 1. The van der Waals surface area contributed by atoms with E-state index in [1.807, 2.05) is 12.3 Å². The van der Waals surface area contributed by atoms with Crippen LogP contribution >= 0.6 is 11.3 Å². The lowest BCUT2D eigenvalue weighted by molar-refractivity contribution is 0.0780. The van der Waals surface area contributed by atoms with Crippen molar-refractivity contribution >= 4 is 22.9 Å². The van der Waals surface area contributed by atoms with Crippen molar-refractivity contribution in [1.29, 1.82) is 0 Å². The molecule has 0 spiro atoms. The Balaban J connectivity index is 2.18. The van der Waals surface area contributed by atoms with Crippen LogP contribution in [0.5, 0.6) is 5.75 Å². The predicted octanol–water partition coefficient (Wildman–Crippen LogP) is 2.31. The summed E-state index contributed by atoms with van der Waals surface area (Å²) in [6.07, 6.45) is 0. The number of hydrogen-bond acceptors (Lipinski definition) is 5. The molecule has 0 saturated carbocycles. The second kappa shape index (κ2) is 5.92. The van der Waals surface area contributed by atoms with Crippen LogP contribution in [-0.2, 0) is 6.54 Å². The van der Waals surface area contributed by atoms with Gasteiger partial charge in [-0.25, -0.2) is 4.98 Å². The predicted molar refractivity (Wildman–Crippen MR) is 80.1 cm³/mol. The molecule has 0 atom stereocenters. The molecule has 1 aromatic heterocycles. The molecule has 2 N–H and O–H groups in total. The van der Waals surface area contributed by atoms with Crippen molar-refractivity contribution in [2.45, 2.75) is 13.5 Å². The highest BCUT2D eigenvalue weighted by atomic mass is 32.1. The number of nitrogens with two attached hydrogens (primary N) is 1. The third-order valence-electron chi connectivity index (χ3n) is 2.87. The average molecular weight is 291 g/mol. The molecule has 0 aliphatic heterocycles. The minimum Gasteiger partial charge on any atom is -0.496 e. The van der Waals surface area contributed by atoms with E-state index in [2.05, 4.69) is 4.98 Å². The Morgan fingerprint density at radius 2 is 2.25 bits per heavy atom. The number of carbonyl (C=O) groups excluding carboxylic acids is 1. The Morgan fingerprint density at radius 3 is 2.85 bits per heavy atom. The number of hydrogen-bond donors (Lipinski definition) is 1. The number of nitrogen functional groups attached to an aromatic ring is 1. The number of ether oxygens (including phenoxy) is 1. The Bertz CT molecular complexity index is 625. The summed E-state index contributed by atoms with van der Waals surface area (Å²) >= 11 is 1.57. The van der Waals surface area contributed by atoms with E-state index in [0.29, 0.717) is 23.5 Å². The number of anilines is 1. The van der Waals surface area contributed by atoms with Gasteiger partial charge in [0.25, 0.3) is 5.91 Å². The first-order valence-electron chi connectivity index (χ1n) is 6.11. The Kier molecular flexibility index (Phi) is 4.24.